The van der Waals surface area contributed by atoms with Crippen LogP contribution in [0.5, 0.6) is 11.5 Å². The van der Waals surface area contributed by atoms with E-state index < -0.39 is 5.97 Å². The number of para-hydroxylation sites is 1. The van der Waals surface area contributed by atoms with Crippen molar-refractivity contribution < 1.29 is 19.0 Å². The van der Waals surface area contributed by atoms with Crippen LogP contribution in [0.15, 0.2) is 48.5 Å². The van der Waals surface area contributed by atoms with Gasteiger partial charge >= 0.3 is 5.97 Å². The van der Waals surface area contributed by atoms with Gasteiger partial charge in [0.1, 0.15) is 24.7 Å². The summed E-state index contributed by atoms with van der Waals surface area (Å²) in [7, 11) is 0. The summed E-state index contributed by atoms with van der Waals surface area (Å²) in [5.74, 6) is 0.817. The molecular weight excluding hydrogens is 294 g/mol. The molecule has 118 valence electrons. The van der Waals surface area contributed by atoms with Crippen LogP contribution in [0.25, 0.3) is 0 Å². The molecule has 5 heteroatoms. The average molecular weight is 311 g/mol. The minimum atomic E-state index is -0.470. The Morgan fingerprint density at radius 2 is 1.78 bits per heavy atom. The number of aryl methyl sites for hydroxylation is 1. The van der Waals surface area contributed by atoms with E-state index >= 15 is 0 Å². The highest BCUT2D eigenvalue weighted by atomic mass is 16.6. The zero-order valence-corrected chi connectivity index (χ0v) is 12.8. The Balaban J connectivity index is 1.65. The van der Waals surface area contributed by atoms with Crippen LogP contribution in [0.1, 0.15) is 11.1 Å². The number of hydrogen-bond donors (Lipinski definition) is 0. The number of hydrogen-bond acceptors (Lipinski definition) is 5. The van der Waals surface area contributed by atoms with E-state index in [9.17, 15) is 4.79 Å². The summed E-state index contributed by atoms with van der Waals surface area (Å²) in [6, 6.07) is 16.2. The SMILES string of the molecule is Cc1ccccc1OCCOC(=O)COc1ccc(C#N)cc1. The van der Waals surface area contributed by atoms with Crippen LogP contribution < -0.4 is 9.47 Å². The number of ether oxygens (including phenoxy) is 3. The van der Waals surface area contributed by atoms with Crippen LogP contribution in [0, 0.1) is 18.3 Å². The normalized spacial score (nSPS) is 9.74. The summed E-state index contributed by atoms with van der Waals surface area (Å²) in [6.07, 6.45) is 0. The van der Waals surface area contributed by atoms with Crippen LogP contribution in [-0.2, 0) is 9.53 Å². The molecule has 2 aromatic rings. The molecule has 0 saturated carbocycles. The third-order valence-corrected chi connectivity index (χ3v) is 3.04. The number of rotatable bonds is 7. The Morgan fingerprint density at radius 3 is 2.48 bits per heavy atom. The van der Waals surface area contributed by atoms with Crippen LogP contribution in [0.4, 0.5) is 0 Å². The molecule has 0 saturated heterocycles. The number of esters is 1. The zero-order chi connectivity index (χ0) is 16.5. The number of carbonyl (C=O) groups is 1. The van der Waals surface area contributed by atoms with Gasteiger partial charge in [-0.25, -0.2) is 4.79 Å². The molecule has 0 fully saturated rings. The Morgan fingerprint density at radius 1 is 1.04 bits per heavy atom. The summed E-state index contributed by atoms with van der Waals surface area (Å²) in [6.45, 7) is 2.21. The van der Waals surface area contributed by atoms with Crippen molar-refractivity contribution in [1.82, 2.24) is 0 Å². The fraction of sp³-hybridized carbons (Fsp3) is 0.222. The number of nitrogens with zero attached hydrogens (tertiary/aromatic N) is 1. The summed E-state index contributed by atoms with van der Waals surface area (Å²) in [5.41, 5.74) is 1.57. The standard InChI is InChI=1S/C18H17NO4/c1-14-4-2-3-5-17(14)21-10-11-22-18(20)13-23-16-8-6-15(12-19)7-9-16/h2-9H,10-11,13H2,1H3. The molecule has 0 atom stereocenters. The number of nitriles is 1. The Hall–Kier alpha value is -3.00. The van der Waals surface area contributed by atoms with Crippen molar-refractivity contribution in [2.24, 2.45) is 0 Å². The average Bonchev–Trinajstić information content (AvgIpc) is 2.59. The first-order valence-electron chi connectivity index (χ1n) is 7.16. The summed E-state index contributed by atoms with van der Waals surface area (Å²) >= 11 is 0. The molecule has 0 aliphatic rings. The van der Waals surface area contributed by atoms with Crippen LogP contribution >= 0.6 is 0 Å². The second-order valence-corrected chi connectivity index (χ2v) is 4.76. The molecule has 0 N–H and O–H groups in total. The van der Waals surface area contributed by atoms with Crippen molar-refractivity contribution in [3.05, 3.63) is 59.7 Å². The summed E-state index contributed by atoms with van der Waals surface area (Å²) in [5, 5.41) is 8.69. The van der Waals surface area contributed by atoms with Crippen molar-refractivity contribution in [1.29, 1.82) is 5.26 Å². The first kappa shape index (κ1) is 16.4. The fourth-order valence-corrected chi connectivity index (χ4v) is 1.84. The monoisotopic (exact) mass is 311 g/mol. The Kier molecular flexibility index (Phi) is 6.01. The van der Waals surface area contributed by atoms with E-state index in [2.05, 4.69) is 0 Å². The molecule has 0 amide bonds. The lowest BCUT2D eigenvalue weighted by Crippen LogP contribution is -2.18. The molecule has 0 bridgehead atoms. The van der Waals surface area contributed by atoms with Gasteiger partial charge in [-0.05, 0) is 42.8 Å². The van der Waals surface area contributed by atoms with E-state index in [1.54, 1.807) is 24.3 Å². The van der Waals surface area contributed by atoms with Crippen molar-refractivity contribution in [2.45, 2.75) is 6.92 Å². The van der Waals surface area contributed by atoms with Crippen molar-refractivity contribution in [3.8, 4) is 17.6 Å². The van der Waals surface area contributed by atoms with Crippen LogP contribution in [0.3, 0.4) is 0 Å². The second-order valence-electron chi connectivity index (χ2n) is 4.76. The lowest BCUT2D eigenvalue weighted by atomic mass is 10.2. The largest absolute Gasteiger partial charge is 0.490 e. The molecule has 0 aromatic heterocycles. The molecule has 5 nitrogen and oxygen atoms in total. The smallest absolute Gasteiger partial charge is 0.344 e. The molecule has 0 unspecified atom stereocenters. The highest BCUT2D eigenvalue weighted by Gasteiger charge is 2.05. The minimum absolute atomic E-state index is 0.157. The van der Waals surface area contributed by atoms with Gasteiger partial charge in [0.15, 0.2) is 6.61 Å². The predicted octanol–water partition coefficient (Wildman–Crippen LogP) is 2.87. The van der Waals surface area contributed by atoms with E-state index in [4.69, 9.17) is 19.5 Å². The predicted molar refractivity (Wildman–Crippen MR) is 84.3 cm³/mol. The van der Waals surface area contributed by atoms with Gasteiger partial charge in [0.25, 0.3) is 0 Å². The Labute approximate surface area is 135 Å². The number of carbonyl (C=O) groups excluding carboxylic acids is 1. The first-order valence-corrected chi connectivity index (χ1v) is 7.16. The Bertz CT molecular complexity index is 689. The van der Waals surface area contributed by atoms with E-state index in [0.717, 1.165) is 11.3 Å². The third kappa shape index (κ3) is 5.36. The van der Waals surface area contributed by atoms with Gasteiger partial charge in [-0.3, -0.25) is 0 Å². The van der Waals surface area contributed by atoms with E-state index in [0.29, 0.717) is 11.3 Å². The molecule has 2 rings (SSSR count). The molecule has 0 aliphatic carbocycles. The molecular formula is C18H17NO4. The molecule has 0 heterocycles. The van der Waals surface area contributed by atoms with Crippen LogP contribution in [0.2, 0.25) is 0 Å². The van der Waals surface area contributed by atoms with Crippen molar-refractivity contribution in [2.75, 3.05) is 19.8 Å². The lowest BCUT2D eigenvalue weighted by Gasteiger charge is -2.10. The third-order valence-electron chi connectivity index (χ3n) is 3.04. The van der Waals surface area contributed by atoms with Crippen molar-refractivity contribution in [3.63, 3.8) is 0 Å². The molecule has 0 aliphatic heterocycles. The van der Waals surface area contributed by atoms with Gasteiger partial charge < -0.3 is 14.2 Å². The number of benzene rings is 2. The van der Waals surface area contributed by atoms with Gasteiger partial charge in [0.05, 0.1) is 11.6 Å². The van der Waals surface area contributed by atoms with E-state index in [1.165, 1.54) is 0 Å². The lowest BCUT2D eigenvalue weighted by molar-refractivity contribution is -0.146. The molecule has 0 spiro atoms. The topological polar surface area (TPSA) is 68.6 Å². The maximum absolute atomic E-state index is 11.6. The van der Waals surface area contributed by atoms with E-state index in [1.807, 2.05) is 37.3 Å². The maximum Gasteiger partial charge on any atom is 0.344 e. The zero-order valence-electron chi connectivity index (χ0n) is 12.8. The van der Waals surface area contributed by atoms with Crippen LogP contribution in [-0.4, -0.2) is 25.8 Å². The van der Waals surface area contributed by atoms with Gasteiger partial charge in [-0.1, -0.05) is 18.2 Å². The van der Waals surface area contributed by atoms with Gasteiger partial charge in [-0.2, -0.15) is 5.26 Å². The van der Waals surface area contributed by atoms with Crippen molar-refractivity contribution >= 4 is 5.97 Å². The maximum atomic E-state index is 11.6. The minimum Gasteiger partial charge on any atom is -0.490 e. The first-order chi connectivity index (χ1) is 11.2. The summed E-state index contributed by atoms with van der Waals surface area (Å²) < 4.78 is 15.8. The van der Waals surface area contributed by atoms with Gasteiger partial charge in [0, 0.05) is 0 Å². The van der Waals surface area contributed by atoms with Gasteiger partial charge in [-0.15, -0.1) is 0 Å². The fourth-order valence-electron chi connectivity index (χ4n) is 1.84. The highest BCUT2D eigenvalue weighted by molar-refractivity contribution is 5.71. The van der Waals surface area contributed by atoms with E-state index in [-0.39, 0.29) is 19.8 Å². The van der Waals surface area contributed by atoms with Gasteiger partial charge in [0.2, 0.25) is 0 Å². The highest BCUT2D eigenvalue weighted by Crippen LogP contribution is 2.15. The second kappa shape index (κ2) is 8.44. The molecule has 2 aromatic carbocycles. The summed E-state index contributed by atoms with van der Waals surface area (Å²) in [4.78, 5) is 11.6. The molecule has 0 radical (unpaired) electrons. The quantitative estimate of drug-likeness (QED) is 0.581. The molecule has 23 heavy (non-hydrogen) atoms.